The molecule has 0 radical (unpaired) electrons. The van der Waals surface area contributed by atoms with Gasteiger partial charge in [0, 0.05) is 24.5 Å². The first-order valence-corrected chi connectivity index (χ1v) is 9.46. The SMILES string of the molecule is O=C(NC1CC2(C1)CC(NC(=O)c1coc(-c3cccnc3)n1)C2)c1cocn1. The molecule has 5 rings (SSSR count). The molecule has 2 amide bonds. The molecule has 0 unspecified atom stereocenters. The predicted molar refractivity (Wildman–Crippen MR) is 99.6 cm³/mol. The van der Waals surface area contributed by atoms with Crippen LogP contribution in [0.15, 0.2) is 52.3 Å². The molecule has 1 spiro atoms. The van der Waals surface area contributed by atoms with Crippen LogP contribution in [-0.4, -0.2) is 38.8 Å². The molecule has 3 heterocycles. The second-order valence-corrected chi connectivity index (χ2v) is 7.81. The molecule has 2 aliphatic rings. The van der Waals surface area contributed by atoms with Gasteiger partial charge in [0.2, 0.25) is 5.89 Å². The summed E-state index contributed by atoms with van der Waals surface area (Å²) in [5, 5.41) is 5.98. The average Bonchev–Trinajstić information content (AvgIpc) is 3.37. The Morgan fingerprint density at radius 2 is 1.76 bits per heavy atom. The zero-order valence-electron chi connectivity index (χ0n) is 15.5. The first kappa shape index (κ1) is 17.6. The smallest absolute Gasteiger partial charge is 0.273 e. The first-order valence-electron chi connectivity index (χ1n) is 9.46. The quantitative estimate of drug-likeness (QED) is 0.681. The number of rotatable bonds is 5. The first-order chi connectivity index (χ1) is 14.1. The van der Waals surface area contributed by atoms with Crippen LogP contribution < -0.4 is 10.6 Å². The van der Waals surface area contributed by atoms with E-state index >= 15 is 0 Å². The molecule has 0 saturated heterocycles. The van der Waals surface area contributed by atoms with Gasteiger partial charge in [-0.15, -0.1) is 0 Å². The van der Waals surface area contributed by atoms with Gasteiger partial charge in [0.1, 0.15) is 12.5 Å². The summed E-state index contributed by atoms with van der Waals surface area (Å²) in [6, 6.07) is 3.87. The van der Waals surface area contributed by atoms with Gasteiger partial charge in [-0.3, -0.25) is 14.6 Å². The van der Waals surface area contributed by atoms with Crippen LogP contribution in [0, 0.1) is 5.41 Å². The zero-order chi connectivity index (χ0) is 19.8. The number of pyridine rings is 1. The van der Waals surface area contributed by atoms with Crippen LogP contribution in [0.25, 0.3) is 11.5 Å². The fourth-order valence-corrected chi connectivity index (χ4v) is 4.35. The Kier molecular flexibility index (Phi) is 4.15. The molecular weight excluding hydrogens is 374 g/mol. The maximum Gasteiger partial charge on any atom is 0.273 e. The van der Waals surface area contributed by atoms with Gasteiger partial charge < -0.3 is 19.5 Å². The lowest BCUT2D eigenvalue weighted by molar-refractivity contribution is -0.0253. The molecule has 0 atom stereocenters. The molecule has 29 heavy (non-hydrogen) atoms. The van der Waals surface area contributed by atoms with Gasteiger partial charge in [-0.25, -0.2) is 9.97 Å². The highest BCUT2D eigenvalue weighted by molar-refractivity contribution is 5.93. The fraction of sp³-hybridized carbons (Fsp3) is 0.350. The predicted octanol–water partition coefficient (Wildman–Crippen LogP) is 2.20. The van der Waals surface area contributed by atoms with E-state index in [1.165, 1.54) is 18.9 Å². The van der Waals surface area contributed by atoms with Crippen LogP contribution in [0.2, 0.25) is 0 Å². The minimum absolute atomic E-state index is 0.119. The van der Waals surface area contributed by atoms with Crippen LogP contribution in [0.1, 0.15) is 46.7 Å². The van der Waals surface area contributed by atoms with Gasteiger partial charge in [0.25, 0.3) is 11.8 Å². The topological polar surface area (TPSA) is 123 Å². The van der Waals surface area contributed by atoms with E-state index in [1.54, 1.807) is 18.5 Å². The zero-order valence-corrected chi connectivity index (χ0v) is 15.5. The lowest BCUT2D eigenvalue weighted by atomic mass is 9.52. The molecular formula is C20H19N5O4. The van der Waals surface area contributed by atoms with Crippen LogP contribution in [-0.2, 0) is 0 Å². The number of hydrogen-bond acceptors (Lipinski definition) is 7. The molecule has 0 bridgehead atoms. The van der Waals surface area contributed by atoms with Gasteiger partial charge in [-0.05, 0) is 43.2 Å². The number of oxazole rings is 2. The molecule has 0 aromatic carbocycles. The Bertz CT molecular complexity index is 1020. The lowest BCUT2D eigenvalue weighted by Crippen LogP contribution is -2.61. The molecule has 2 saturated carbocycles. The number of hydrogen-bond donors (Lipinski definition) is 2. The van der Waals surface area contributed by atoms with Gasteiger partial charge in [-0.2, -0.15) is 0 Å². The third-order valence-electron chi connectivity index (χ3n) is 5.70. The largest absolute Gasteiger partial charge is 0.451 e. The van der Waals surface area contributed by atoms with E-state index in [0.29, 0.717) is 11.6 Å². The standard InChI is InChI=1S/C20H19N5O4/c26-17(15-9-28-11-22-15)23-13-4-20(5-13)6-14(7-20)24-18(27)16-10-29-19(25-16)12-2-1-3-21-8-12/h1-3,8-11,13-14H,4-7H2,(H,23,26)(H,24,27). The minimum Gasteiger partial charge on any atom is -0.451 e. The Balaban J connectivity index is 1.09. The molecule has 0 aliphatic heterocycles. The Morgan fingerprint density at radius 1 is 1.03 bits per heavy atom. The van der Waals surface area contributed by atoms with Crippen LogP contribution in [0.5, 0.6) is 0 Å². The molecule has 2 N–H and O–H groups in total. The summed E-state index contributed by atoms with van der Waals surface area (Å²) < 4.78 is 10.2. The van der Waals surface area contributed by atoms with Crippen LogP contribution in [0.3, 0.4) is 0 Å². The van der Waals surface area contributed by atoms with E-state index < -0.39 is 0 Å². The molecule has 3 aromatic heterocycles. The fourth-order valence-electron chi connectivity index (χ4n) is 4.35. The molecule has 148 valence electrons. The number of carbonyl (C=O) groups is 2. The highest BCUT2D eigenvalue weighted by atomic mass is 16.3. The monoisotopic (exact) mass is 393 g/mol. The van der Waals surface area contributed by atoms with Crippen molar-refractivity contribution in [3.05, 3.63) is 54.8 Å². The number of nitrogens with one attached hydrogen (secondary N) is 2. The second-order valence-electron chi connectivity index (χ2n) is 7.81. The molecule has 9 nitrogen and oxygen atoms in total. The maximum atomic E-state index is 12.4. The van der Waals surface area contributed by atoms with E-state index in [9.17, 15) is 9.59 Å². The van der Waals surface area contributed by atoms with E-state index in [0.717, 1.165) is 31.2 Å². The average molecular weight is 393 g/mol. The lowest BCUT2D eigenvalue weighted by Gasteiger charge is -2.57. The van der Waals surface area contributed by atoms with E-state index in [2.05, 4.69) is 25.6 Å². The summed E-state index contributed by atoms with van der Waals surface area (Å²) in [4.78, 5) is 36.5. The highest BCUT2D eigenvalue weighted by Crippen LogP contribution is 2.55. The van der Waals surface area contributed by atoms with Crippen LogP contribution >= 0.6 is 0 Å². The van der Waals surface area contributed by atoms with Gasteiger partial charge >= 0.3 is 0 Å². The van der Waals surface area contributed by atoms with E-state index in [4.69, 9.17) is 8.83 Å². The van der Waals surface area contributed by atoms with Crippen molar-refractivity contribution in [1.29, 1.82) is 0 Å². The normalized spacial score (nSPS) is 25.1. The van der Waals surface area contributed by atoms with Gasteiger partial charge in [0.15, 0.2) is 17.8 Å². The maximum absolute atomic E-state index is 12.4. The summed E-state index contributed by atoms with van der Waals surface area (Å²) in [5.74, 6) is -0.0739. The van der Waals surface area contributed by atoms with E-state index in [1.807, 2.05) is 6.07 Å². The minimum atomic E-state index is -0.237. The van der Waals surface area contributed by atoms with Crippen LogP contribution in [0.4, 0.5) is 0 Å². The van der Waals surface area contributed by atoms with Crippen molar-refractivity contribution >= 4 is 11.8 Å². The van der Waals surface area contributed by atoms with Crippen molar-refractivity contribution in [1.82, 2.24) is 25.6 Å². The number of aromatic nitrogens is 3. The summed E-state index contributed by atoms with van der Waals surface area (Å²) >= 11 is 0. The summed E-state index contributed by atoms with van der Waals surface area (Å²) in [7, 11) is 0. The Hall–Kier alpha value is -3.49. The number of amides is 2. The molecule has 2 aliphatic carbocycles. The Labute approximate surface area is 165 Å². The van der Waals surface area contributed by atoms with Crippen molar-refractivity contribution in [2.45, 2.75) is 37.8 Å². The Morgan fingerprint density at radius 3 is 2.38 bits per heavy atom. The number of carbonyl (C=O) groups excluding carboxylic acids is 2. The molecule has 3 aromatic rings. The van der Waals surface area contributed by atoms with Crippen molar-refractivity contribution in [2.24, 2.45) is 5.41 Å². The van der Waals surface area contributed by atoms with E-state index in [-0.39, 0.29) is 35.0 Å². The van der Waals surface area contributed by atoms with Crippen molar-refractivity contribution in [3.63, 3.8) is 0 Å². The molecule has 2 fully saturated rings. The number of nitrogens with zero attached hydrogens (tertiary/aromatic N) is 3. The van der Waals surface area contributed by atoms with Crippen molar-refractivity contribution in [2.75, 3.05) is 0 Å². The third-order valence-corrected chi connectivity index (χ3v) is 5.70. The summed E-state index contributed by atoms with van der Waals surface area (Å²) in [6.45, 7) is 0. The van der Waals surface area contributed by atoms with Gasteiger partial charge in [0.05, 0.1) is 5.56 Å². The molecule has 9 heteroatoms. The van der Waals surface area contributed by atoms with Crippen molar-refractivity contribution in [3.8, 4) is 11.5 Å². The third kappa shape index (κ3) is 3.39. The van der Waals surface area contributed by atoms with Gasteiger partial charge in [-0.1, -0.05) is 0 Å². The summed E-state index contributed by atoms with van der Waals surface area (Å²) in [5.41, 5.74) is 1.49. The van der Waals surface area contributed by atoms with Crippen molar-refractivity contribution < 1.29 is 18.4 Å². The second kappa shape index (κ2) is 6.84. The summed E-state index contributed by atoms with van der Waals surface area (Å²) in [6.07, 6.45) is 10.9. The highest BCUT2D eigenvalue weighted by Gasteiger charge is 2.53.